The lowest BCUT2D eigenvalue weighted by molar-refractivity contribution is -0.0805. The number of carbonyl (C=O) groups is 1. The van der Waals surface area contributed by atoms with Crippen molar-refractivity contribution >= 4 is 16.8 Å². The van der Waals surface area contributed by atoms with Crippen LogP contribution in [0.3, 0.4) is 0 Å². The smallest absolute Gasteiger partial charge is 0.255 e. The van der Waals surface area contributed by atoms with E-state index in [0.717, 1.165) is 34.5 Å². The molecule has 4 aliphatic carbocycles. The van der Waals surface area contributed by atoms with Crippen molar-refractivity contribution in [3.05, 3.63) is 95.1 Å². The Bertz CT molecular complexity index is 1480. The highest BCUT2D eigenvalue weighted by molar-refractivity contribution is 6.02. The number of aryl methyl sites for hydroxylation is 1. The third kappa shape index (κ3) is 2.83. The average Bonchev–Trinajstić information content (AvgIpc) is 3.39. The van der Waals surface area contributed by atoms with Crippen LogP contribution in [0.25, 0.3) is 22.2 Å². The molecule has 2 heterocycles. The second-order valence-electron chi connectivity index (χ2n) is 12.1. The number of nitrogens with zero attached hydrogens (tertiary/aromatic N) is 1. The van der Waals surface area contributed by atoms with E-state index in [1.165, 1.54) is 66.2 Å². The molecule has 3 aromatic carbocycles. The first-order valence-corrected chi connectivity index (χ1v) is 13.7. The minimum absolute atomic E-state index is 0.0154. The normalized spacial score (nSPS) is 30.4. The Labute approximate surface area is 212 Å². The molecule has 1 amide bonds. The van der Waals surface area contributed by atoms with E-state index in [4.69, 9.17) is 0 Å². The monoisotopic (exact) mass is 472 g/mol. The summed E-state index contributed by atoms with van der Waals surface area (Å²) in [5.41, 5.74) is 8.07. The van der Waals surface area contributed by atoms with E-state index in [-0.39, 0.29) is 17.5 Å². The van der Waals surface area contributed by atoms with Gasteiger partial charge in [-0.3, -0.25) is 4.79 Å². The van der Waals surface area contributed by atoms with Gasteiger partial charge in [-0.05, 0) is 86.5 Å². The summed E-state index contributed by atoms with van der Waals surface area (Å²) in [5.74, 6) is 2.60. The maximum atomic E-state index is 14.4. The van der Waals surface area contributed by atoms with Crippen LogP contribution < -0.4 is 0 Å². The van der Waals surface area contributed by atoms with Gasteiger partial charge >= 0.3 is 0 Å². The Balaban J connectivity index is 1.39. The predicted molar refractivity (Wildman–Crippen MR) is 144 cm³/mol. The third-order valence-electron chi connectivity index (χ3n) is 9.84. The number of carbonyl (C=O) groups excluding carboxylic acids is 1. The summed E-state index contributed by atoms with van der Waals surface area (Å²) in [6, 6.07) is 25.8. The lowest BCUT2D eigenvalue weighted by Gasteiger charge is -2.61. The molecule has 3 nitrogen and oxygen atoms in total. The first-order valence-electron chi connectivity index (χ1n) is 13.7. The fourth-order valence-electron chi connectivity index (χ4n) is 8.85. The van der Waals surface area contributed by atoms with Crippen LogP contribution in [0, 0.1) is 24.7 Å². The summed E-state index contributed by atoms with van der Waals surface area (Å²) >= 11 is 0. The van der Waals surface area contributed by atoms with Crippen LogP contribution in [0.15, 0.2) is 72.8 Å². The standard InChI is InChI=1S/C33H32N2O/c1-20-10-12-24(13-11-20)30-29(27-8-4-5-9-28(27)34-30)31-25-6-2-3-7-26(25)32(36)35(31)33-17-21-14-22(18-33)16-23(15-21)19-33/h2-13,21-23,31,34H,14-19H2,1H3/t21?,22?,23?,31-,33?/m1/s1. The Morgan fingerprint density at radius 3 is 2.17 bits per heavy atom. The highest BCUT2D eigenvalue weighted by Gasteiger charge is 2.58. The van der Waals surface area contributed by atoms with Crippen molar-refractivity contribution in [3.63, 3.8) is 0 Å². The van der Waals surface area contributed by atoms with Crippen molar-refractivity contribution in [2.75, 3.05) is 0 Å². The molecular weight excluding hydrogens is 440 g/mol. The van der Waals surface area contributed by atoms with Gasteiger partial charge in [-0.25, -0.2) is 0 Å². The van der Waals surface area contributed by atoms with Crippen LogP contribution in [0.4, 0.5) is 0 Å². The molecule has 5 aliphatic rings. The van der Waals surface area contributed by atoms with Gasteiger partial charge < -0.3 is 9.88 Å². The van der Waals surface area contributed by atoms with E-state index in [1.54, 1.807) is 0 Å². The van der Waals surface area contributed by atoms with Crippen molar-refractivity contribution in [2.45, 2.75) is 57.0 Å². The number of aromatic nitrogens is 1. The summed E-state index contributed by atoms with van der Waals surface area (Å²) in [6.45, 7) is 2.14. The van der Waals surface area contributed by atoms with Gasteiger partial charge in [-0.1, -0.05) is 66.2 Å². The predicted octanol–water partition coefficient (Wildman–Crippen LogP) is 7.66. The number of nitrogens with one attached hydrogen (secondary N) is 1. The average molecular weight is 473 g/mol. The van der Waals surface area contributed by atoms with Crippen molar-refractivity contribution in [3.8, 4) is 11.3 Å². The van der Waals surface area contributed by atoms with E-state index >= 15 is 0 Å². The van der Waals surface area contributed by atoms with Crippen LogP contribution in [0.5, 0.6) is 0 Å². The molecule has 1 aromatic heterocycles. The third-order valence-corrected chi connectivity index (χ3v) is 9.84. The van der Waals surface area contributed by atoms with Gasteiger partial charge in [0, 0.05) is 27.6 Å². The van der Waals surface area contributed by atoms with E-state index in [2.05, 4.69) is 83.5 Å². The molecule has 4 aromatic rings. The quantitative estimate of drug-likeness (QED) is 0.326. The molecule has 0 unspecified atom stereocenters. The van der Waals surface area contributed by atoms with Gasteiger partial charge in [0.15, 0.2) is 0 Å². The fourth-order valence-corrected chi connectivity index (χ4v) is 8.85. The first kappa shape index (κ1) is 20.8. The number of aromatic amines is 1. The van der Waals surface area contributed by atoms with Gasteiger partial charge in [-0.2, -0.15) is 0 Å². The molecule has 0 saturated heterocycles. The topological polar surface area (TPSA) is 36.1 Å². The Kier molecular flexibility index (Phi) is 4.25. The highest BCUT2D eigenvalue weighted by atomic mass is 16.2. The number of para-hydroxylation sites is 1. The Morgan fingerprint density at radius 2 is 1.44 bits per heavy atom. The number of hydrogen-bond donors (Lipinski definition) is 1. The molecule has 9 rings (SSSR count). The molecule has 0 radical (unpaired) electrons. The van der Waals surface area contributed by atoms with E-state index in [9.17, 15) is 4.79 Å². The number of amides is 1. The summed E-state index contributed by atoms with van der Waals surface area (Å²) in [7, 11) is 0. The molecule has 3 heteroatoms. The van der Waals surface area contributed by atoms with Crippen LogP contribution in [0.2, 0.25) is 0 Å². The molecule has 1 aliphatic heterocycles. The summed E-state index contributed by atoms with van der Waals surface area (Å²) in [6.07, 6.45) is 7.66. The number of H-pyrrole nitrogens is 1. The molecule has 0 spiro atoms. The molecular formula is C33H32N2O. The van der Waals surface area contributed by atoms with Gasteiger partial charge in [-0.15, -0.1) is 0 Å². The molecule has 1 atom stereocenters. The molecule has 4 saturated carbocycles. The summed E-state index contributed by atoms with van der Waals surface area (Å²) in [5, 5.41) is 1.23. The second kappa shape index (κ2) is 7.35. The van der Waals surface area contributed by atoms with Crippen LogP contribution in [-0.4, -0.2) is 21.3 Å². The zero-order valence-electron chi connectivity index (χ0n) is 20.8. The second-order valence-corrected chi connectivity index (χ2v) is 12.1. The maximum absolute atomic E-state index is 14.4. The number of rotatable bonds is 3. The van der Waals surface area contributed by atoms with Gasteiger partial charge in [0.2, 0.25) is 0 Å². The number of benzene rings is 3. The lowest BCUT2D eigenvalue weighted by Crippen LogP contribution is -2.61. The lowest BCUT2D eigenvalue weighted by atomic mass is 9.52. The van der Waals surface area contributed by atoms with Crippen LogP contribution >= 0.6 is 0 Å². The van der Waals surface area contributed by atoms with E-state index in [0.29, 0.717) is 0 Å². The van der Waals surface area contributed by atoms with E-state index in [1.807, 2.05) is 6.07 Å². The number of fused-ring (bicyclic) bond motifs is 2. The van der Waals surface area contributed by atoms with Crippen molar-refractivity contribution in [1.82, 2.24) is 9.88 Å². The van der Waals surface area contributed by atoms with Gasteiger partial charge in [0.25, 0.3) is 5.91 Å². The van der Waals surface area contributed by atoms with Crippen LogP contribution in [-0.2, 0) is 0 Å². The Morgan fingerprint density at radius 1 is 0.806 bits per heavy atom. The zero-order valence-corrected chi connectivity index (χ0v) is 20.8. The van der Waals surface area contributed by atoms with E-state index < -0.39 is 0 Å². The summed E-state index contributed by atoms with van der Waals surface area (Å²) < 4.78 is 0. The minimum Gasteiger partial charge on any atom is -0.354 e. The van der Waals surface area contributed by atoms with Crippen molar-refractivity contribution in [2.24, 2.45) is 17.8 Å². The number of hydrogen-bond acceptors (Lipinski definition) is 1. The summed E-state index contributed by atoms with van der Waals surface area (Å²) in [4.78, 5) is 20.5. The molecule has 36 heavy (non-hydrogen) atoms. The molecule has 4 bridgehead atoms. The molecule has 1 N–H and O–H groups in total. The molecule has 4 fully saturated rings. The van der Waals surface area contributed by atoms with Crippen molar-refractivity contribution < 1.29 is 4.79 Å². The zero-order chi connectivity index (χ0) is 24.0. The minimum atomic E-state index is -0.0580. The van der Waals surface area contributed by atoms with Crippen molar-refractivity contribution in [1.29, 1.82) is 0 Å². The first-order chi connectivity index (χ1) is 17.6. The maximum Gasteiger partial charge on any atom is 0.255 e. The largest absolute Gasteiger partial charge is 0.354 e. The van der Waals surface area contributed by atoms with Gasteiger partial charge in [0.1, 0.15) is 0 Å². The Hall–Kier alpha value is -3.33. The highest BCUT2D eigenvalue weighted by Crippen LogP contribution is 2.61. The fraction of sp³-hybridized carbons (Fsp3) is 0.364. The van der Waals surface area contributed by atoms with Crippen LogP contribution in [0.1, 0.15) is 71.6 Å². The SMILES string of the molecule is Cc1ccc(-c2[nH]c3ccccc3c2[C@H]2c3ccccc3C(=O)N2C23CC4CC(CC(C4)C2)C3)cc1. The van der Waals surface area contributed by atoms with Gasteiger partial charge in [0.05, 0.1) is 11.7 Å². The molecule has 180 valence electrons.